The molecule has 4 aliphatic carbocycles. The summed E-state index contributed by atoms with van der Waals surface area (Å²) < 4.78 is 0. The third kappa shape index (κ3) is 3.11. The van der Waals surface area contributed by atoms with E-state index in [0.29, 0.717) is 10.8 Å². The van der Waals surface area contributed by atoms with E-state index in [1.165, 1.54) is 45.1 Å². The molecule has 0 bridgehead atoms. The molecule has 0 aromatic carbocycles. The summed E-state index contributed by atoms with van der Waals surface area (Å²) in [5.41, 5.74) is 2.53. The minimum atomic E-state index is -0.880. The molecule has 4 heteroatoms. The van der Waals surface area contributed by atoms with Gasteiger partial charge in [-0.05, 0) is 106 Å². The fourth-order valence-electron chi connectivity index (χ4n) is 9.45. The Labute approximate surface area is 195 Å². The van der Waals surface area contributed by atoms with Crippen molar-refractivity contribution in [2.75, 3.05) is 20.6 Å². The standard InChI is InChI=1S/C28H46N2O2/c1-17(2)25(31)26(32)30(6)20-11-13-27(4)19(15-20)7-8-21-23(27)12-14-28-16-29(5)18(3)22(28)9-10-24(21)28/h7,17-18,20-25,31H,8-16H2,1-6H3/t18-,20-,21+,22+,23?,24-,25?,27-,28-/m0/s1. The maximum atomic E-state index is 12.8. The average Bonchev–Trinajstić information content (AvgIpc) is 3.25. The first kappa shape index (κ1) is 22.9. The van der Waals surface area contributed by atoms with Crippen molar-refractivity contribution >= 4 is 5.91 Å². The Morgan fingerprint density at radius 1 is 1.16 bits per heavy atom. The molecule has 0 aromatic rings. The SMILES string of the molecule is CC(C)C(O)C(=O)N(C)[C@H]1CC[C@@]2(C)C(=CC[C@@H]3C2CC[C@]24CN(C)[C@@H](C)[C@H]2CC[C@@H]34)C1. The van der Waals surface area contributed by atoms with Gasteiger partial charge in [-0.25, -0.2) is 0 Å². The van der Waals surface area contributed by atoms with Crippen LogP contribution in [0, 0.1) is 40.4 Å². The molecule has 1 aliphatic heterocycles. The zero-order valence-corrected chi connectivity index (χ0v) is 21.3. The number of carbonyl (C=O) groups is 1. The van der Waals surface area contributed by atoms with Crippen LogP contribution < -0.4 is 0 Å². The number of aliphatic hydroxyl groups is 1. The van der Waals surface area contributed by atoms with E-state index in [4.69, 9.17) is 0 Å². The summed E-state index contributed by atoms with van der Waals surface area (Å²) in [4.78, 5) is 17.3. The molecule has 5 aliphatic rings. The van der Waals surface area contributed by atoms with Crippen LogP contribution >= 0.6 is 0 Å². The molecule has 1 heterocycles. The molecule has 3 saturated carbocycles. The van der Waals surface area contributed by atoms with Crippen LogP contribution in [0.5, 0.6) is 0 Å². The van der Waals surface area contributed by atoms with Gasteiger partial charge in [0.2, 0.25) is 0 Å². The summed E-state index contributed by atoms with van der Waals surface area (Å²) in [6, 6.07) is 0.994. The first-order valence-electron chi connectivity index (χ1n) is 13.4. The van der Waals surface area contributed by atoms with Gasteiger partial charge in [0.25, 0.3) is 5.91 Å². The van der Waals surface area contributed by atoms with Gasteiger partial charge in [0, 0.05) is 25.7 Å². The van der Waals surface area contributed by atoms with Gasteiger partial charge in [-0.1, -0.05) is 32.4 Å². The van der Waals surface area contributed by atoms with Crippen molar-refractivity contribution in [2.24, 2.45) is 40.4 Å². The highest BCUT2D eigenvalue weighted by Crippen LogP contribution is 2.68. The van der Waals surface area contributed by atoms with Crippen molar-refractivity contribution in [3.63, 3.8) is 0 Å². The van der Waals surface area contributed by atoms with Crippen LogP contribution in [-0.4, -0.2) is 59.6 Å². The van der Waals surface area contributed by atoms with E-state index in [1.807, 2.05) is 25.8 Å². The number of hydrogen-bond acceptors (Lipinski definition) is 3. The van der Waals surface area contributed by atoms with Gasteiger partial charge in [-0.3, -0.25) is 4.79 Å². The molecule has 0 radical (unpaired) electrons. The largest absolute Gasteiger partial charge is 0.383 e. The van der Waals surface area contributed by atoms with Crippen molar-refractivity contribution in [2.45, 2.75) is 97.2 Å². The molecule has 1 saturated heterocycles. The fourth-order valence-corrected chi connectivity index (χ4v) is 9.45. The number of aliphatic hydroxyl groups excluding tert-OH is 1. The van der Waals surface area contributed by atoms with Gasteiger partial charge in [0.05, 0.1) is 0 Å². The summed E-state index contributed by atoms with van der Waals surface area (Å²) >= 11 is 0. The minimum absolute atomic E-state index is 0.0318. The Morgan fingerprint density at radius 3 is 2.59 bits per heavy atom. The predicted octanol–water partition coefficient (Wildman–Crippen LogP) is 4.72. The van der Waals surface area contributed by atoms with Gasteiger partial charge < -0.3 is 14.9 Å². The highest BCUT2D eigenvalue weighted by atomic mass is 16.3. The quantitative estimate of drug-likeness (QED) is 0.643. The van der Waals surface area contributed by atoms with Crippen LogP contribution in [0.4, 0.5) is 0 Å². The summed E-state index contributed by atoms with van der Waals surface area (Å²) in [6.07, 6.45) is 12.0. The van der Waals surface area contributed by atoms with Gasteiger partial charge in [0.15, 0.2) is 0 Å². The molecule has 5 rings (SSSR count). The Morgan fingerprint density at radius 2 is 1.88 bits per heavy atom. The maximum Gasteiger partial charge on any atom is 0.251 e. The van der Waals surface area contributed by atoms with Crippen molar-refractivity contribution < 1.29 is 9.90 Å². The second kappa shape index (κ2) is 7.83. The summed E-state index contributed by atoms with van der Waals surface area (Å²) in [5.74, 6) is 3.38. The van der Waals surface area contributed by atoms with Crippen LogP contribution in [0.15, 0.2) is 11.6 Å². The third-order valence-corrected chi connectivity index (χ3v) is 11.5. The van der Waals surface area contributed by atoms with E-state index in [0.717, 1.165) is 42.6 Å². The van der Waals surface area contributed by atoms with E-state index in [9.17, 15) is 9.90 Å². The number of amides is 1. The van der Waals surface area contributed by atoms with Crippen LogP contribution in [0.3, 0.4) is 0 Å². The summed E-state index contributed by atoms with van der Waals surface area (Å²) in [6.45, 7) is 10.2. The number of likely N-dealkylation sites (N-methyl/N-ethyl adjacent to an activating group) is 1. The van der Waals surface area contributed by atoms with E-state index in [2.05, 4.69) is 31.9 Å². The lowest BCUT2D eigenvalue weighted by atomic mass is 9.47. The summed E-state index contributed by atoms with van der Waals surface area (Å²) in [5, 5.41) is 10.3. The molecule has 180 valence electrons. The maximum absolute atomic E-state index is 12.8. The minimum Gasteiger partial charge on any atom is -0.383 e. The van der Waals surface area contributed by atoms with Crippen LogP contribution in [0.25, 0.3) is 0 Å². The molecule has 32 heavy (non-hydrogen) atoms. The van der Waals surface area contributed by atoms with Gasteiger partial charge in [-0.15, -0.1) is 0 Å². The van der Waals surface area contributed by atoms with E-state index >= 15 is 0 Å². The van der Waals surface area contributed by atoms with Gasteiger partial charge in [-0.2, -0.15) is 0 Å². The summed E-state index contributed by atoms with van der Waals surface area (Å²) in [7, 11) is 4.27. The topological polar surface area (TPSA) is 43.8 Å². The Kier molecular flexibility index (Phi) is 5.61. The molecule has 4 fully saturated rings. The van der Waals surface area contributed by atoms with Crippen molar-refractivity contribution in [1.82, 2.24) is 9.80 Å². The molecule has 1 amide bonds. The number of carbonyl (C=O) groups excluding carboxylic acids is 1. The number of rotatable bonds is 3. The molecule has 4 nitrogen and oxygen atoms in total. The zero-order valence-electron chi connectivity index (χ0n) is 21.3. The lowest BCUT2D eigenvalue weighted by Crippen LogP contribution is -2.53. The molecule has 9 atom stereocenters. The lowest BCUT2D eigenvalue weighted by molar-refractivity contribution is -0.144. The number of nitrogens with zero attached hydrogens (tertiary/aromatic N) is 2. The van der Waals surface area contributed by atoms with Crippen molar-refractivity contribution in [3.05, 3.63) is 11.6 Å². The Bertz CT molecular complexity index is 792. The fraction of sp³-hybridized carbons (Fsp3) is 0.893. The van der Waals surface area contributed by atoms with Crippen molar-refractivity contribution in [3.8, 4) is 0 Å². The Balaban J connectivity index is 1.35. The van der Waals surface area contributed by atoms with Gasteiger partial charge >= 0.3 is 0 Å². The van der Waals surface area contributed by atoms with E-state index < -0.39 is 6.10 Å². The highest BCUT2D eigenvalue weighted by Gasteiger charge is 2.64. The lowest BCUT2D eigenvalue weighted by Gasteiger charge is -2.58. The normalized spacial score (nSPS) is 46.7. The van der Waals surface area contributed by atoms with E-state index in [1.54, 1.807) is 5.57 Å². The van der Waals surface area contributed by atoms with Crippen LogP contribution in [0.1, 0.15) is 79.1 Å². The molecular formula is C28H46N2O2. The number of likely N-dealkylation sites (tertiary alicyclic amines) is 1. The number of fused-ring (bicyclic) bond motifs is 4. The smallest absolute Gasteiger partial charge is 0.251 e. The first-order valence-corrected chi connectivity index (χ1v) is 13.4. The molecule has 1 N–H and O–H groups in total. The second-order valence-electron chi connectivity index (χ2n) is 12.9. The van der Waals surface area contributed by atoms with Crippen molar-refractivity contribution in [1.29, 1.82) is 0 Å². The van der Waals surface area contributed by atoms with Crippen LogP contribution in [0.2, 0.25) is 0 Å². The monoisotopic (exact) mass is 442 g/mol. The molecule has 1 spiro atoms. The average molecular weight is 443 g/mol. The first-order chi connectivity index (χ1) is 15.1. The highest BCUT2D eigenvalue weighted by molar-refractivity contribution is 5.81. The van der Waals surface area contributed by atoms with E-state index in [-0.39, 0.29) is 17.9 Å². The number of allylic oxidation sites excluding steroid dienone is 1. The third-order valence-electron chi connectivity index (χ3n) is 11.5. The second-order valence-corrected chi connectivity index (χ2v) is 12.9. The molecule has 0 aromatic heterocycles. The predicted molar refractivity (Wildman–Crippen MR) is 129 cm³/mol. The number of hydrogen-bond donors (Lipinski definition) is 1. The Hall–Kier alpha value is -0.870. The molecule has 2 unspecified atom stereocenters. The zero-order chi connectivity index (χ0) is 23.0. The van der Waals surface area contributed by atoms with Crippen LogP contribution in [-0.2, 0) is 4.79 Å². The van der Waals surface area contributed by atoms with Gasteiger partial charge in [0.1, 0.15) is 6.10 Å². The molecular weight excluding hydrogens is 396 g/mol.